The molecule has 3 heterocycles. The number of alkyl halides is 3. The highest BCUT2D eigenvalue weighted by Crippen LogP contribution is 2.49. The van der Waals surface area contributed by atoms with E-state index in [0.29, 0.717) is 4.09 Å². The summed E-state index contributed by atoms with van der Waals surface area (Å²) in [5.74, 6) is -3.80. The number of aliphatic imine (C=N–C) groups is 1. The third-order valence-corrected chi connectivity index (χ3v) is 10.6. The van der Waals surface area contributed by atoms with Crippen LogP contribution in [-0.2, 0) is 29.9 Å². The van der Waals surface area contributed by atoms with Gasteiger partial charge in [0.25, 0.3) is 22.4 Å². The Morgan fingerprint density at radius 3 is 2.46 bits per heavy atom. The highest BCUT2D eigenvalue weighted by Gasteiger charge is 2.54. The molecule has 1 aliphatic carbocycles. The van der Waals surface area contributed by atoms with Crippen LogP contribution in [0.25, 0.3) is 16.8 Å². The normalized spacial score (nSPS) is 22.1. The third-order valence-electron chi connectivity index (χ3n) is 9.38. The minimum Gasteiger partial charge on any atom is -0.463 e. The molecule has 0 spiro atoms. The number of esters is 1. The molecule has 4 atom stereocenters. The Bertz CT molecular complexity index is 2270. The lowest BCUT2D eigenvalue weighted by Crippen LogP contribution is -2.47. The smallest absolute Gasteiger partial charge is 0.306 e. The quantitative estimate of drug-likeness (QED) is 0.136. The van der Waals surface area contributed by atoms with Crippen LogP contribution in [0.2, 0.25) is 5.02 Å². The zero-order chi connectivity index (χ0) is 39.5. The minimum absolute atomic E-state index is 0.00645. The molecule has 1 saturated carbocycles. The van der Waals surface area contributed by atoms with Gasteiger partial charge in [-0.2, -0.15) is 14.3 Å². The Morgan fingerprint density at radius 2 is 1.87 bits per heavy atom. The fraction of sp³-hybridized carbons (Fsp3) is 0.429. The van der Waals surface area contributed by atoms with Crippen LogP contribution in [0.15, 0.2) is 60.1 Å². The number of nitrogens with zero attached hydrogens (tertiary/aromatic N) is 7. The molecular formula is C35H37ClF4N8O5S. The Kier molecular flexibility index (Phi) is 9.92. The molecule has 13 nitrogen and oxygen atoms in total. The molecule has 54 heavy (non-hydrogen) atoms. The van der Waals surface area contributed by atoms with Crippen molar-refractivity contribution in [3.8, 4) is 16.8 Å². The molecule has 288 valence electrons. The SMILES string of the molecule is CC(C)(C)C[C@]1(c2ccc(-c3cnn(S(C)(=O)=O)c3)c(F)c2)N=C(N)N([C@H](COC(=O)CC2CC2(C)F)c2ccc(Cl)c(-n3ncnc3C(F)F)c2)C1=O. The fourth-order valence-corrected chi connectivity index (χ4v) is 7.37. The van der Waals surface area contributed by atoms with E-state index in [9.17, 15) is 31.2 Å². The topological polar surface area (TPSA) is 168 Å². The van der Waals surface area contributed by atoms with Crippen LogP contribution >= 0.6 is 11.6 Å². The van der Waals surface area contributed by atoms with Crippen molar-refractivity contribution in [3.05, 3.63) is 82.9 Å². The van der Waals surface area contributed by atoms with Crippen molar-refractivity contribution < 1.29 is 40.3 Å². The maximum Gasteiger partial charge on any atom is 0.306 e. The van der Waals surface area contributed by atoms with E-state index in [4.69, 9.17) is 22.1 Å². The zero-order valence-electron chi connectivity index (χ0n) is 29.8. The maximum atomic E-state index is 16.0. The first-order valence-electron chi connectivity index (χ1n) is 16.7. The second-order valence-electron chi connectivity index (χ2n) is 14.9. The van der Waals surface area contributed by atoms with Crippen LogP contribution in [0.3, 0.4) is 0 Å². The number of hydrogen-bond donors (Lipinski definition) is 1. The second kappa shape index (κ2) is 13.8. The van der Waals surface area contributed by atoms with E-state index in [1.165, 1.54) is 43.5 Å². The van der Waals surface area contributed by atoms with E-state index < -0.39 is 75.2 Å². The average Bonchev–Trinajstić information content (AvgIpc) is 3.53. The van der Waals surface area contributed by atoms with Crippen molar-refractivity contribution in [1.82, 2.24) is 28.9 Å². The third kappa shape index (κ3) is 7.58. The second-order valence-corrected chi connectivity index (χ2v) is 17.2. The summed E-state index contributed by atoms with van der Waals surface area (Å²) in [5.41, 5.74) is 3.12. The van der Waals surface area contributed by atoms with Crippen molar-refractivity contribution in [2.75, 3.05) is 12.9 Å². The lowest BCUT2D eigenvalue weighted by atomic mass is 9.75. The van der Waals surface area contributed by atoms with E-state index >= 15 is 4.39 Å². The number of carbonyl (C=O) groups is 2. The molecule has 19 heteroatoms. The molecule has 2 unspecified atom stereocenters. The van der Waals surface area contributed by atoms with E-state index in [0.717, 1.165) is 34.4 Å². The van der Waals surface area contributed by atoms with Gasteiger partial charge in [-0.3, -0.25) is 14.5 Å². The summed E-state index contributed by atoms with van der Waals surface area (Å²) in [4.78, 5) is 37.3. The van der Waals surface area contributed by atoms with Crippen LogP contribution in [-0.4, -0.2) is 73.6 Å². The number of amides is 1. The van der Waals surface area contributed by atoms with Crippen LogP contribution in [0.1, 0.15) is 76.4 Å². The van der Waals surface area contributed by atoms with E-state index in [1.807, 2.05) is 20.8 Å². The fourth-order valence-electron chi connectivity index (χ4n) is 6.65. The maximum absolute atomic E-state index is 16.0. The van der Waals surface area contributed by atoms with Gasteiger partial charge in [-0.1, -0.05) is 50.6 Å². The first-order valence-corrected chi connectivity index (χ1v) is 18.9. The molecule has 0 saturated heterocycles. The van der Waals surface area contributed by atoms with E-state index in [1.54, 1.807) is 0 Å². The van der Waals surface area contributed by atoms with Gasteiger partial charge in [0.05, 0.1) is 41.8 Å². The number of nitrogens with two attached hydrogens (primary N) is 1. The molecule has 1 fully saturated rings. The van der Waals surface area contributed by atoms with Crippen LogP contribution < -0.4 is 5.73 Å². The van der Waals surface area contributed by atoms with Crippen LogP contribution in [0, 0.1) is 17.2 Å². The van der Waals surface area contributed by atoms with Crippen molar-refractivity contribution in [1.29, 1.82) is 0 Å². The molecule has 1 aliphatic heterocycles. The van der Waals surface area contributed by atoms with Crippen molar-refractivity contribution in [3.63, 3.8) is 0 Å². The van der Waals surface area contributed by atoms with Gasteiger partial charge < -0.3 is 10.5 Å². The monoisotopic (exact) mass is 792 g/mol. The number of guanidine groups is 1. The highest BCUT2D eigenvalue weighted by atomic mass is 35.5. The summed E-state index contributed by atoms with van der Waals surface area (Å²) in [5, 5.41) is 7.70. The number of halogens is 5. The highest BCUT2D eigenvalue weighted by molar-refractivity contribution is 7.89. The van der Waals surface area contributed by atoms with Gasteiger partial charge in [-0.05, 0) is 54.5 Å². The Hall–Kier alpha value is -4.84. The van der Waals surface area contributed by atoms with Gasteiger partial charge >= 0.3 is 5.97 Å². The standard InChI is InChI=1S/C35H37ClF4N8O5S/c1-33(2,3)17-35(21-7-8-23(25(37)11-21)20-14-43-46(15-20)54(5,51)52)31(50)47(32(41)45-35)27(16-53-28(49)12-22-13-34(22,4)40)19-6-9-24(36)26(10-19)48-30(29(38)39)42-18-44-48/h6-11,14-15,18,22,27,29H,12-13,16-17H2,1-5H3,(H2,41,45)/t22?,27-,34?,35-/m1/s1. The molecular weight excluding hydrogens is 756 g/mol. The van der Waals surface area contributed by atoms with Crippen molar-refractivity contribution in [2.45, 2.75) is 70.6 Å². The lowest BCUT2D eigenvalue weighted by Gasteiger charge is -2.35. The van der Waals surface area contributed by atoms with E-state index in [2.05, 4.69) is 20.2 Å². The first kappa shape index (κ1) is 38.9. The number of benzene rings is 2. The molecule has 2 aromatic heterocycles. The van der Waals surface area contributed by atoms with Gasteiger partial charge in [0.1, 0.15) is 24.4 Å². The Labute approximate surface area is 313 Å². The lowest BCUT2D eigenvalue weighted by molar-refractivity contribution is -0.148. The van der Waals surface area contributed by atoms with E-state index in [-0.39, 0.29) is 58.2 Å². The zero-order valence-corrected chi connectivity index (χ0v) is 31.4. The molecule has 2 aromatic carbocycles. The Balaban J connectivity index is 1.42. The summed E-state index contributed by atoms with van der Waals surface area (Å²) < 4.78 is 89.0. The average molecular weight is 793 g/mol. The van der Waals surface area contributed by atoms with Crippen molar-refractivity contribution >= 4 is 39.5 Å². The number of ether oxygens (including phenoxy) is 1. The largest absolute Gasteiger partial charge is 0.463 e. The molecule has 6 rings (SSSR count). The number of hydrogen-bond acceptors (Lipinski definition) is 10. The molecule has 4 aromatic rings. The summed E-state index contributed by atoms with van der Waals surface area (Å²) in [6.07, 6.45) is 1.19. The molecule has 1 amide bonds. The predicted octanol–water partition coefficient (Wildman–Crippen LogP) is 5.88. The summed E-state index contributed by atoms with van der Waals surface area (Å²) >= 11 is 6.44. The first-order chi connectivity index (χ1) is 25.1. The molecule has 2 aliphatic rings. The number of aromatic nitrogens is 5. The number of rotatable bonds is 12. The summed E-state index contributed by atoms with van der Waals surface area (Å²) in [6, 6.07) is 6.98. The van der Waals surface area contributed by atoms with Crippen LogP contribution in [0.4, 0.5) is 17.6 Å². The van der Waals surface area contributed by atoms with Gasteiger partial charge in [0.2, 0.25) is 0 Å². The molecule has 0 bridgehead atoms. The van der Waals surface area contributed by atoms with Gasteiger partial charge in [0, 0.05) is 17.0 Å². The number of carbonyl (C=O) groups excluding carboxylic acids is 2. The molecule has 0 radical (unpaired) electrons. The molecule has 2 N–H and O–H groups in total. The minimum atomic E-state index is -3.74. The van der Waals surface area contributed by atoms with Gasteiger partial charge in [-0.25, -0.2) is 40.6 Å². The summed E-state index contributed by atoms with van der Waals surface area (Å²) in [6.45, 7) is 6.41. The van der Waals surface area contributed by atoms with Gasteiger partial charge in [-0.15, -0.1) is 0 Å². The van der Waals surface area contributed by atoms with Crippen molar-refractivity contribution in [2.24, 2.45) is 22.1 Å². The summed E-state index contributed by atoms with van der Waals surface area (Å²) in [7, 11) is -3.74. The van der Waals surface area contributed by atoms with Crippen LogP contribution in [0.5, 0.6) is 0 Å². The van der Waals surface area contributed by atoms with Gasteiger partial charge in [0.15, 0.2) is 17.3 Å². The Morgan fingerprint density at radius 1 is 1.17 bits per heavy atom. The predicted molar refractivity (Wildman–Crippen MR) is 189 cm³/mol.